The number of hydrogen-bond acceptors (Lipinski definition) is 4. The summed E-state index contributed by atoms with van der Waals surface area (Å²) < 4.78 is 5.46. The summed E-state index contributed by atoms with van der Waals surface area (Å²) in [5, 5.41) is 10.1. The largest absolute Gasteiger partial charge is 0.379 e. The molecule has 0 radical (unpaired) electrons. The zero-order chi connectivity index (χ0) is 20.4. The number of aliphatic imine (C=N–C) groups is 1. The van der Waals surface area contributed by atoms with Gasteiger partial charge >= 0.3 is 0 Å². The van der Waals surface area contributed by atoms with Gasteiger partial charge in [-0.25, -0.2) is 0 Å². The van der Waals surface area contributed by atoms with Gasteiger partial charge in [-0.3, -0.25) is 14.7 Å². The predicted octanol–water partition coefficient (Wildman–Crippen LogP) is 2.21. The molecule has 2 rings (SSSR count). The Hall–Kier alpha value is -1.10. The number of nitrogens with zero attached hydrogens (tertiary/aromatic N) is 2. The van der Waals surface area contributed by atoms with Crippen LogP contribution in [0.15, 0.2) is 29.3 Å². The van der Waals surface area contributed by atoms with Crippen LogP contribution in [0.5, 0.6) is 0 Å². The summed E-state index contributed by atoms with van der Waals surface area (Å²) >= 11 is 5.84. The summed E-state index contributed by atoms with van der Waals surface area (Å²) in [6.07, 6.45) is 0. The van der Waals surface area contributed by atoms with E-state index in [4.69, 9.17) is 16.3 Å². The molecule has 1 aliphatic rings. The van der Waals surface area contributed by atoms with Crippen molar-refractivity contribution in [3.63, 3.8) is 0 Å². The van der Waals surface area contributed by atoms with Gasteiger partial charge in [0.1, 0.15) is 0 Å². The van der Waals surface area contributed by atoms with Crippen LogP contribution in [-0.2, 0) is 4.74 Å². The fourth-order valence-corrected chi connectivity index (χ4v) is 3.30. The molecule has 0 saturated carbocycles. The second-order valence-corrected chi connectivity index (χ2v) is 7.54. The molecule has 1 aliphatic heterocycles. The van der Waals surface area contributed by atoms with Crippen LogP contribution in [0.2, 0.25) is 5.02 Å². The number of hydrogen-bond donors (Lipinski definition) is 3. The number of carbonyl (C=O) groups is 1. The summed E-state index contributed by atoms with van der Waals surface area (Å²) in [6, 6.07) is 7.26. The predicted molar refractivity (Wildman–Crippen MR) is 130 cm³/mol. The summed E-state index contributed by atoms with van der Waals surface area (Å²) in [7, 11) is 1.75. The highest BCUT2D eigenvalue weighted by Crippen LogP contribution is 2.12. The van der Waals surface area contributed by atoms with Gasteiger partial charge in [0.15, 0.2) is 5.96 Å². The maximum atomic E-state index is 12.1. The second-order valence-electron chi connectivity index (χ2n) is 7.10. The molecule has 1 heterocycles. The molecule has 1 unspecified atom stereocenters. The Bertz CT molecular complexity index is 636. The Morgan fingerprint density at radius 3 is 2.34 bits per heavy atom. The van der Waals surface area contributed by atoms with E-state index in [0.29, 0.717) is 35.6 Å². The lowest BCUT2D eigenvalue weighted by Gasteiger charge is -2.37. The van der Waals surface area contributed by atoms with E-state index in [1.54, 1.807) is 31.3 Å². The molecule has 164 valence electrons. The maximum absolute atomic E-state index is 12.1. The third-order valence-corrected chi connectivity index (χ3v) is 5.05. The minimum atomic E-state index is -0.117. The number of carbonyl (C=O) groups excluding carboxylic acids is 1. The zero-order valence-corrected chi connectivity index (χ0v) is 20.5. The van der Waals surface area contributed by atoms with E-state index >= 15 is 0 Å². The Labute approximate surface area is 196 Å². The molecule has 1 saturated heterocycles. The minimum Gasteiger partial charge on any atom is -0.379 e. The van der Waals surface area contributed by atoms with E-state index in [0.717, 1.165) is 38.8 Å². The quantitative estimate of drug-likeness (QED) is 0.205. The van der Waals surface area contributed by atoms with E-state index in [-0.39, 0.29) is 29.9 Å². The maximum Gasteiger partial charge on any atom is 0.251 e. The molecule has 0 bridgehead atoms. The standard InChI is InChI=1S/C20H32ClN5O2.HI/c1-15(2)18(26-10-12-28-13-11-26)14-25-20(22-3)24-9-8-23-19(27)16-4-6-17(21)7-5-16;/h4-7,15,18H,8-14H2,1-3H3,(H,23,27)(H2,22,24,25);1H. The van der Waals surface area contributed by atoms with Crippen LogP contribution in [0, 0.1) is 5.92 Å². The first-order valence-corrected chi connectivity index (χ1v) is 10.2. The summed E-state index contributed by atoms with van der Waals surface area (Å²) in [5.74, 6) is 1.15. The van der Waals surface area contributed by atoms with Crippen molar-refractivity contribution in [2.24, 2.45) is 10.9 Å². The number of rotatable bonds is 8. The van der Waals surface area contributed by atoms with E-state index in [1.807, 2.05) is 0 Å². The van der Waals surface area contributed by atoms with Gasteiger partial charge < -0.3 is 20.7 Å². The first-order valence-electron chi connectivity index (χ1n) is 9.81. The number of morpholine rings is 1. The summed E-state index contributed by atoms with van der Waals surface area (Å²) in [5.41, 5.74) is 0.595. The molecule has 1 atom stereocenters. The van der Waals surface area contributed by atoms with Crippen LogP contribution >= 0.6 is 35.6 Å². The average Bonchev–Trinajstić information content (AvgIpc) is 2.70. The Kier molecular flexibility index (Phi) is 12.5. The van der Waals surface area contributed by atoms with Crippen molar-refractivity contribution in [1.29, 1.82) is 0 Å². The molecule has 0 aliphatic carbocycles. The molecule has 1 aromatic rings. The highest BCUT2D eigenvalue weighted by Gasteiger charge is 2.23. The SMILES string of the molecule is CN=C(NCCNC(=O)c1ccc(Cl)cc1)NCC(C(C)C)N1CCOCC1.I. The molecular weight excluding hydrogens is 505 g/mol. The second kappa shape index (κ2) is 14.0. The van der Waals surface area contributed by atoms with Crippen molar-refractivity contribution in [2.45, 2.75) is 19.9 Å². The molecule has 1 fully saturated rings. The molecule has 1 amide bonds. The third kappa shape index (κ3) is 9.06. The van der Waals surface area contributed by atoms with Crippen LogP contribution in [0.4, 0.5) is 0 Å². The molecule has 1 aromatic carbocycles. The van der Waals surface area contributed by atoms with Gasteiger partial charge in [0.05, 0.1) is 13.2 Å². The van der Waals surface area contributed by atoms with Crippen molar-refractivity contribution in [3.05, 3.63) is 34.9 Å². The topological polar surface area (TPSA) is 78.0 Å². The van der Waals surface area contributed by atoms with Gasteiger partial charge in [-0.05, 0) is 30.2 Å². The van der Waals surface area contributed by atoms with Crippen molar-refractivity contribution in [1.82, 2.24) is 20.9 Å². The van der Waals surface area contributed by atoms with E-state index < -0.39 is 0 Å². The van der Waals surface area contributed by atoms with E-state index in [2.05, 4.69) is 39.7 Å². The summed E-state index contributed by atoms with van der Waals surface area (Å²) in [4.78, 5) is 18.8. The van der Waals surface area contributed by atoms with Crippen molar-refractivity contribution >= 4 is 47.4 Å². The zero-order valence-electron chi connectivity index (χ0n) is 17.4. The van der Waals surface area contributed by atoms with Gasteiger partial charge in [-0.2, -0.15) is 0 Å². The Morgan fingerprint density at radius 1 is 1.14 bits per heavy atom. The Balaban J connectivity index is 0.00000420. The molecule has 7 nitrogen and oxygen atoms in total. The normalized spacial score (nSPS) is 16.1. The lowest BCUT2D eigenvalue weighted by Crippen LogP contribution is -2.53. The molecule has 0 spiro atoms. The van der Waals surface area contributed by atoms with Gasteiger partial charge in [-0.15, -0.1) is 24.0 Å². The monoisotopic (exact) mass is 537 g/mol. The number of nitrogens with one attached hydrogen (secondary N) is 3. The third-order valence-electron chi connectivity index (χ3n) is 4.80. The molecule has 3 N–H and O–H groups in total. The molecule has 9 heteroatoms. The molecular formula is C20H33ClIN5O2. The highest BCUT2D eigenvalue weighted by atomic mass is 127. The van der Waals surface area contributed by atoms with Gasteiger partial charge in [-0.1, -0.05) is 25.4 Å². The van der Waals surface area contributed by atoms with Crippen molar-refractivity contribution in [2.75, 3.05) is 53.0 Å². The van der Waals surface area contributed by atoms with E-state index in [1.165, 1.54) is 0 Å². The van der Waals surface area contributed by atoms with Gasteiger partial charge in [0.2, 0.25) is 0 Å². The fraction of sp³-hybridized carbons (Fsp3) is 0.600. The van der Waals surface area contributed by atoms with Crippen LogP contribution in [0.3, 0.4) is 0 Å². The highest BCUT2D eigenvalue weighted by molar-refractivity contribution is 14.0. The van der Waals surface area contributed by atoms with Crippen LogP contribution in [0.25, 0.3) is 0 Å². The number of halogens is 2. The van der Waals surface area contributed by atoms with Crippen LogP contribution < -0.4 is 16.0 Å². The van der Waals surface area contributed by atoms with Crippen LogP contribution in [0.1, 0.15) is 24.2 Å². The van der Waals surface area contributed by atoms with E-state index in [9.17, 15) is 4.79 Å². The smallest absolute Gasteiger partial charge is 0.251 e. The molecule has 29 heavy (non-hydrogen) atoms. The Morgan fingerprint density at radius 2 is 1.76 bits per heavy atom. The fourth-order valence-electron chi connectivity index (χ4n) is 3.18. The van der Waals surface area contributed by atoms with Crippen molar-refractivity contribution < 1.29 is 9.53 Å². The van der Waals surface area contributed by atoms with Crippen molar-refractivity contribution in [3.8, 4) is 0 Å². The van der Waals surface area contributed by atoms with Gasteiger partial charge in [0, 0.05) is 56.4 Å². The first-order chi connectivity index (χ1) is 13.5. The van der Waals surface area contributed by atoms with Crippen LogP contribution in [-0.4, -0.2) is 75.8 Å². The van der Waals surface area contributed by atoms with Gasteiger partial charge in [0.25, 0.3) is 5.91 Å². The number of benzene rings is 1. The average molecular weight is 538 g/mol. The first kappa shape index (κ1) is 25.9. The lowest BCUT2D eigenvalue weighted by molar-refractivity contribution is 0.00752. The lowest BCUT2D eigenvalue weighted by atomic mass is 10.0. The minimum absolute atomic E-state index is 0. The number of guanidine groups is 1. The molecule has 0 aromatic heterocycles. The number of ether oxygens (including phenoxy) is 1. The number of amides is 1. The summed E-state index contributed by atoms with van der Waals surface area (Å²) in [6.45, 7) is 9.90.